The zero-order valence-corrected chi connectivity index (χ0v) is 9.77. The summed E-state index contributed by atoms with van der Waals surface area (Å²) in [6.07, 6.45) is 4.66. The van der Waals surface area contributed by atoms with Gasteiger partial charge >= 0.3 is 0 Å². The summed E-state index contributed by atoms with van der Waals surface area (Å²) in [4.78, 5) is 14.0. The maximum Gasteiger partial charge on any atom is 0.225 e. The van der Waals surface area contributed by atoms with Crippen LogP contribution in [0.5, 0.6) is 0 Å². The van der Waals surface area contributed by atoms with Gasteiger partial charge in [0.05, 0.1) is 6.10 Å². The van der Waals surface area contributed by atoms with Gasteiger partial charge in [-0.3, -0.25) is 4.79 Å². The molecule has 0 aromatic rings. The molecule has 1 aliphatic carbocycles. The van der Waals surface area contributed by atoms with Gasteiger partial charge in [0.25, 0.3) is 0 Å². The van der Waals surface area contributed by atoms with Crippen LogP contribution in [0, 0.1) is 11.8 Å². The van der Waals surface area contributed by atoms with Gasteiger partial charge in [0.1, 0.15) is 0 Å². The average molecular weight is 226 g/mol. The van der Waals surface area contributed by atoms with E-state index in [0.29, 0.717) is 19.0 Å². The molecule has 2 fully saturated rings. The maximum atomic E-state index is 12.2. The predicted octanol–water partition coefficient (Wildman–Crippen LogP) is 0.345. The second-order valence-corrected chi connectivity index (χ2v) is 5.19. The quantitative estimate of drug-likeness (QED) is 0.714. The third kappa shape index (κ3) is 2.55. The highest BCUT2D eigenvalue weighted by molar-refractivity contribution is 5.79. The number of carbonyl (C=O) groups excluding carboxylic acids is 1. The summed E-state index contributed by atoms with van der Waals surface area (Å²) in [7, 11) is 0. The van der Waals surface area contributed by atoms with Crippen LogP contribution < -0.4 is 5.73 Å². The first-order valence-corrected chi connectivity index (χ1v) is 6.37. The van der Waals surface area contributed by atoms with E-state index in [1.54, 1.807) is 0 Å². The second kappa shape index (κ2) is 5.15. The van der Waals surface area contributed by atoms with E-state index in [-0.39, 0.29) is 17.9 Å². The van der Waals surface area contributed by atoms with Crippen LogP contribution in [-0.4, -0.2) is 41.7 Å². The van der Waals surface area contributed by atoms with E-state index in [4.69, 9.17) is 5.73 Å². The molecule has 2 rings (SSSR count). The van der Waals surface area contributed by atoms with Crippen LogP contribution in [0.3, 0.4) is 0 Å². The lowest BCUT2D eigenvalue weighted by atomic mass is 9.81. The third-order valence-electron chi connectivity index (χ3n) is 3.94. The Morgan fingerprint density at radius 2 is 2.19 bits per heavy atom. The van der Waals surface area contributed by atoms with Gasteiger partial charge in [-0.05, 0) is 38.1 Å². The standard InChI is InChI=1S/C12H22N2O2/c13-7-9-2-1-3-10(6-9)12(16)14-5-4-11(15)8-14/h9-11,15H,1-8,13H2. The summed E-state index contributed by atoms with van der Waals surface area (Å²) < 4.78 is 0. The number of likely N-dealkylation sites (tertiary alicyclic amines) is 1. The molecule has 3 unspecified atom stereocenters. The molecule has 92 valence electrons. The normalized spacial score (nSPS) is 35.4. The van der Waals surface area contributed by atoms with Crippen molar-refractivity contribution in [1.82, 2.24) is 4.90 Å². The Balaban J connectivity index is 1.89. The molecular formula is C12H22N2O2. The van der Waals surface area contributed by atoms with E-state index in [2.05, 4.69) is 0 Å². The molecule has 1 amide bonds. The molecule has 3 atom stereocenters. The van der Waals surface area contributed by atoms with Gasteiger partial charge in [-0.1, -0.05) is 6.42 Å². The van der Waals surface area contributed by atoms with Crippen molar-refractivity contribution in [2.75, 3.05) is 19.6 Å². The number of aliphatic hydroxyl groups is 1. The lowest BCUT2D eigenvalue weighted by Crippen LogP contribution is -2.38. The summed E-state index contributed by atoms with van der Waals surface area (Å²) in [5.41, 5.74) is 5.68. The van der Waals surface area contributed by atoms with Crippen LogP contribution in [0.1, 0.15) is 32.1 Å². The summed E-state index contributed by atoms with van der Waals surface area (Å²) in [6.45, 7) is 1.96. The molecular weight excluding hydrogens is 204 g/mol. The van der Waals surface area contributed by atoms with E-state index in [1.807, 2.05) is 4.90 Å². The van der Waals surface area contributed by atoms with Crippen molar-refractivity contribution in [3.63, 3.8) is 0 Å². The monoisotopic (exact) mass is 226 g/mol. The number of nitrogens with two attached hydrogens (primary N) is 1. The first kappa shape index (κ1) is 11.9. The maximum absolute atomic E-state index is 12.2. The van der Waals surface area contributed by atoms with Crippen LogP contribution in [0.15, 0.2) is 0 Å². The number of amides is 1. The first-order valence-electron chi connectivity index (χ1n) is 6.37. The Hall–Kier alpha value is -0.610. The van der Waals surface area contributed by atoms with Gasteiger partial charge in [0.15, 0.2) is 0 Å². The van der Waals surface area contributed by atoms with Crippen molar-refractivity contribution < 1.29 is 9.90 Å². The molecule has 0 radical (unpaired) electrons. The number of hydrogen-bond donors (Lipinski definition) is 2. The highest BCUT2D eigenvalue weighted by Crippen LogP contribution is 2.30. The Morgan fingerprint density at radius 3 is 2.81 bits per heavy atom. The van der Waals surface area contributed by atoms with Crippen LogP contribution in [0.2, 0.25) is 0 Å². The molecule has 16 heavy (non-hydrogen) atoms. The van der Waals surface area contributed by atoms with Crippen molar-refractivity contribution in [2.45, 2.75) is 38.2 Å². The minimum Gasteiger partial charge on any atom is -0.391 e. The molecule has 0 bridgehead atoms. The fourth-order valence-corrected chi connectivity index (χ4v) is 2.93. The zero-order valence-electron chi connectivity index (χ0n) is 9.77. The number of carbonyl (C=O) groups is 1. The summed E-state index contributed by atoms with van der Waals surface area (Å²) in [5, 5.41) is 9.43. The molecule has 1 aliphatic heterocycles. The van der Waals surface area contributed by atoms with Gasteiger partial charge < -0.3 is 15.7 Å². The molecule has 0 aromatic heterocycles. The minimum absolute atomic E-state index is 0.160. The van der Waals surface area contributed by atoms with Crippen molar-refractivity contribution in [3.05, 3.63) is 0 Å². The number of nitrogens with zero attached hydrogens (tertiary/aromatic N) is 1. The third-order valence-corrected chi connectivity index (χ3v) is 3.94. The van der Waals surface area contributed by atoms with Crippen molar-refractivity contribution >= 4 is 5.91 Å². The van der Waals surface area contributed by atoms with Crippen molar-refractivity contribution in [1.29, 1.82) is 0 Å². The Bertz CT molecular complexity index is 257. The summed E-state index contributed by atoms with van der Waals surface area (Å²) in [6, 6.07) is 0. The van der Waals surface area contributed by atoms with E-state index >= 15 is 0 Å². The molecule has 1 saturated heterocycles. The van der Waals surface area contributed by atoms with E-state index < -0.39 is 0 Å². The second-order valence-electron chi connectivity index (χ2n) is 5.19. The van der Waals surface area contributed by atoms with Gasteiger partial charge in [0.2, 0.25) is 5.91 Å². The minimum atomic E-state index is -0.308. The van der Waals surface area contributed by atoms with Crippen molar-refractivity contribution in [3.8, 4) is 0 Å². The van der Waals surface area contributed by atoms with E-state index in [9.17, 15) is 9.90 Å². The lowest BCUT2D eigenvalue weighted by molar-refractivity contribution is -0.136. The highest BCUT2D eigenvalue weighted by Gasteiger charge is 2.32. The average Bonchev–Trinajstić information content (AvgIpc) is 2.75. The van der Waals surface area contributed by atoms with Crippen LogP contribution >= 0.6 is 0 Å². The Kier molecular flexibility index (Phi) is 3.82. The first-order chi connectivity index (χ1) is 7.70. The van der Waals surface area contributed by atoms with E-state index in [0.717, 1.165) is 32.2 Å². The molecule has 1 heterocycles. The summed E-state index contributed by atoms with van der Waals surface area (Å²) >= 11 is 0. The number of aliphatic hydroxyl groups excluding tert-OH is 1. The smallest absolute Gasteiger partial charge is 0.225 e. The number of β-amino-alcohol motifs (C(OH)–C–C–N with tert-alkyl or cyclic N) is 1. The Labute approximate surface area is 96.8 Å². The van der Waals surface area contributed by atoms with Crippen LogP contribution in [0.4, 0.5) is 0 Å². The molecule has 0 spiro atoms. The molecule has 2 aliphatic rings. The van der Waals surface area contributed by atoms with E-state index in [1.165, 1.54) is 6.42 Å². The molecule has 3 N–H and O–H groups in total. The van der Waals surface area contributed by atoms with Crippen LogP contribution in [-0.2, 0) is 4.79 Å². The zero-order chi connectivity index (χ0) is 11.5. The fourth-order valence-electron chi connectivity index (χ4n) is 2.93. The van der Waals surface area contributed by atoms with Gasteiger partial charge in [-0.25, -0.2) is 0 Å². The van der Waals surface area contributed by atoms with Crippen LogP contribution in [0.25, 0.3) is 0 Å². The molecule has 1 saturated carbocycles. The Morgan fingerprint density at radius 1 is 1.38 bits per heavy atom. The topological polar surface area (TPSA) is 66.6 Å². The summed E-state index contributed by atoms with van der Waals surface area (Å²) in [5.74, 6) is 0.928. The molecule has 4 heteroatoms. The SMILES string of the molecule is NCC1CCCC(C(=O)N2CCC(O)C2)C1. The molecule has 0 aromatic carbocycles. The van der Waals surface area contributed by atoms with Gasteiger partial charge in [-0.15, -0.1) is 0 Å². The molecule has 4 nitrogen and oxygen atoms in total. The highest BCUT2D eigenvalue weighted by atomic mass is 16.3. The predicted molar refractivity (Wildman–Crippen MR) is 61.7 cm³/mol. The number of hydrogen-bond acceptors (Lipinski definition) is 3. The lowest BCUT2D eigenvalue weighted by Gasteiger charge is -2.30. The van der Waals surface area contributed by atoms with Gasteiger partial charge in [-0.2, -0.15) is 0 Å². The fraction of sp³-hybridized carbons (Fsp3) is 0.917. The largest absolute Gasteiger partial charge is 0.391 e. The van der Waals surface area contributed by atoms with Crippen molar-refractivity contribution in [2.24, 2.45) is 17.6 Å². The number of rotatable bonds is 2. The van der Waals surface area contributed by atoms with Gasteiger partial charge in [0, 0.05) is 19.0 Å².